The Morgan fingerprint density at radius 3 is 2.96 bits per heavy atom. The highest BCUT2D eigenvalue weighted by atomic mass is 32.5. The van der Waals surface area contributed by atoms with Crippen LogP contribution >= 0.6 is 18.5 Å². The first kappa shape index (κ1) is 18.4. The predicted molar refractivity (Wildman–Crippen MR) is 96.0 cm³/mol. The summed E-state index contributed by atoms with van der Waals surface area (Å²) in [4.78, 5) is 42.2. The lowest BCUT2D eigenvalue weighted by molar-refractivity contribution is 0.251. The number of aromatic amines is 1. The molecular weight excluding hydrogens is 361 g/mol. The summed E-state index contributed by atoms with van der Waals surface area (Å²) in [6.07, 6.45) is 1.62. The van der Waals surface area contributed by atoms with Gasteiger partial charge in [-0.3, -0.25) is 14.8 Å². The van der Waals surface area contributed by atoms with Crippen molar-refractivity contribution in [2.45, 2.75) is 23.5 Å². The Hall–Kier alpha value is -0.970. The van der Waals surface area contributed by atoms with Gasteiger partial charge in [0.15, 0.2) is 11.5 Å². The molecule has 2 atom stereocenters. The summed E-state index contributed by atoms with van der Waals surface area (Å²) in [6.45, 7) is -0.0784. The van der Waals surface area contributed by atoms with Gasteiger partial charge < -0.3 is 24.9 Å². The standard InChI is InChI=1S/C11H18N5O4PS2/c1-13-8-9(14-11(12)15-10(8)17)16(2)7-4-3-6(23-7)5-20-21(18,19)22/h6-7H,1,3-5H2,2H3,(H2,18,19,22)(H3,12,14,15,17)/t6-,7+/m0/s1. The van der Waals surface area contributed by atoms with E-state index in [1.807, 2.05) is 4.90 Å². The molecule has 0 saturated carbocycles. The van der Waals surface area contributed by atoms with Crippen LogP contribution in [-0.4, -0.2) is 50.8 Å². The van der Waals surface area contributed by atoms with E-state index in [0.29, 0.717) is 5.82 Å². The van der Waals surface area contributed by atoms with Crippen molar-refractivity contribution >= 4 is 54.5 Å². The molecule has 1 saturated heterocycles. The van der Waals surface area contributed by atoms with Crippen LogP contribution in [0.2, 0.25) is 0 Å². The zero-order chi connectivity index (χ0) is 17.2. The Kier molecular flexibility index (Phi) is 5.82. The van der Waals surface area contributed by atoms with Crippen molar-refractivity contribution in [3.63, 3.8) is 0 Å². The van der Waals surface area contributed by atoms with E-state index in [2.05, 4.69) is 33.5 Å². The normalized spacial score (nSPS) is 21.3. The van der Waals surface area contributed by atoms with Crippen molar-refractivity contribution in [3.05, 3.63) is 10.4 Å². The monoisotopic (exact) mass is 379 g/mol. The van der Waals surface area contributed by atoms with Crippen LogP contribution in [0.3, 0.4) is 0 Å². The highest BCUT2D eigenvalue weighted by molar-refractivity contribution is 8.06. The number of aromatic nitrogens is 2. The van der Waals surface area contributed by atoms with Gasteiger partial charge in [0.05, 0.1) is 12.0 Å². The molecule has 0 amide bonds. The molecule has 0 unspecified atom stereocenters. The van der Waals surface area contributed by atoms with Crippen molar-refractivity contribution in [3.8, 4) is 0 Å². The summed E-state index contributed by atoms with van der Waals surface area (Å²) in [7, 11) is 1.79. The van der Waals surface area contributed by atoms with Crippen molar-refractivity contribution in [2.75, 3.05) is 24.3 Å². The maximum absolute atomic E-state index is 11.9. The van der Waals surface area contributed by atoms with Crippen molar-refractivity contribution in [1.29, 1.82) is 0 Å². The second-order valence-corrected chi connectivity index (χ2v) is 9.12. The third-order valence-corrected chi connectivity index (χ3v) is 5.76. The lowest BCUT2D eigenvalue weighted by Gasteiger charge is -2.26. The third kappa shape index (κ3) is 4.75. The largest absolute Gasteiger partial charge is 0.369 e. The second-order valence-electron chi connectivity index (χ2n) is 4.97. The molecule has 2 rings (SSSR count). The van der Waals surface area contributed by atoms with E-state index in [0.717, 1.165) is 12.8 Å². The topological polar surface area (TPSA) is 137 Å². The van der Waals surface area contributed by atoms with Gasteiger partial charge in [0.25, 0.3) is 5.56 Å². The first-order valence-corrected chi connectivity index (χ1v) is 10.2. The summed E-state index contributed by atoms with van der Waals surface area (Å²) in [5.74, 6) is 0.364. The molecule has 128 valence electrons. The molecule has 1 aliphatic rings. The number of aliphatic imine (C=N–C) groups is 1. The van der Waals surface area contributed by atoms with Crippen LogP contribution in [0.15, 0.2) is 9.79 Å². The van der Waals surface area contributed by atoms with Crippen molar-refractivity contribution in [2.24, 2.45) is 4.99 Å². The average molecular weight is 379 g/mol. The Balaban J connectivity index is 2.11. The van der Waals surface area contributed by atoms with Gasteiger partial charge >= 0.3 is 6.72 Å². The average Bonchev–Trinajstić information content (AvgIpc) is 2.91. The maximum Gasteiger partial charge on any atom is 0.321 e. The van der Waals surface area contributed by atoms with Gasteiger partial charge in [-0.2, -0.15) is 4.98 Å². The van der Waals surface area contributed by atoms with Crippen LogP contribution in [0.1, 0.15) is 12.8 Å². The summed E-state index contributed by atoms with van der Waals surface area (Å²) in [6, 6.07) is 0. The number of nitrogens with zero attached hydrogens (tertiary/aromatic N) is 3. The van der Waals surface area contributed by atoms with Gasteiger partial charge in [0.1, 0.15) is 0 Å². The number of H-pyrrole nitrogens is 1. The smallest absolute Gasteiger partial charge is 0.321 e. The molecule has 12 heteroatoms. The van der Waals surface area contributed by atoms with E-state index in [1.165, 1.54) is 0 Å². The molecule has 1 aliphatic heterocycles. The SMILES string of the molecule is C=Nc1c(N(C)[C@H]2CC[C@@H](COP(O)(O)=S)S2)nc(N)[nH]c1=O. The van der Waals surface area contributed by atoms with Crippen LogP contribution in [0.5, 0.6) is 0 Å². The number of nitrogens with one attached hydrogen (secondary N) is 1. The van der Waals surface area contributed by atoms with Crippen LogP contribution in [-0.2, 0) is 16.3 Å². The number of nitrogens with two attached hydrogens (primary N) is 1. The number of hydrogen-bond acceptors (Lipinski definition) is 8. The molecule has 0 spiro atoms. The Morgan fingerprint density at radius 1 is 1.65 bits per heavy atom. The zero-order valence-electron chi connectivity index (χ0n) is 12.4. The Labute approximate surface area is 142 Å². The summed E-state index contributed by atoms with van der Waals surface area (Å²) in [5, 5.41) is 0.0941. The maximum atomic E-state index is 11.9. The van der Waals surface area contributed by atoms with E-state index in [-0.39, 0.29) is 28.9 Å². The van der Waals surface area contributed by atoms with Crippen molar-refractivity contribution in [1.82, 2.24) is 9.97 Å². The zero-order valence-corrected chi connectivity index (χ0v) is 14.9. The van der Waals surface area contributed by atoms with E-state index < -0.39 is 12.3 Å². The van der Waals surface area contributed by atoms with Gasteiger partial charge in [-0.05, 0) is 31.4 Å². The number of nitrogen functional groups attached to an aromatic ring is 1. The first-order valence-electron chi connectivity index (χ1n) is 6.66. The van der Waals surface area contributed by atoms with Gasteiger partial charge in [-0.15, -0.1) is 11.8 Å². The quantitative estimate of drug-likeness (QED) is 0.413. The fraction of sp³-hybridized carbons (Fsp3) is 0.545. The van der Waals surface area contributed by atoms with Gasteiger partial charge in [-0.25, -0.2) is 0 Å². The molecule has 0 radical (unpaired) electrons. The fourth-order valence-corrected chi connectivity index (χ4v) is 4.35. The molecule has 1 aromatic rings. The molecule has 0 bridgehead atoms. The molecule has 0 aliphatic carbocycles. The molecule has 0 aromatic carbocycles. The van der Waals surface area contributed by atoms with Crippen LogP contribution < -0.4 is 16.2 Å². The Bertz CT molecular complexity index is 693. The van der Waals surface area contributed by atoms with E-state index in [4.69, 9.17) is 20.0 Å². The minimum Gasteiger partial charge on any atom is -0.369 e. The minimum atomic E-state index is -3.64. The first-order chi connectivity index (χ1) is 10.7. The van der Waals surface area contributed by atoms with E-state index >= 15 is 0 Å². The molecule has 1 aromatic heterocycles. The number of thioether (sulfide) groups is 1. The predicted octanol–water partition coefficient (Wildman–Crippen LogP) is 0.568. The van der Waals surface area contributed by atoms with E-state index in [1.54, 1.807) is 18.8 Å². The molecular formula is C11H18N5O4PS2. The Morgan fingerprint density at radius 2 is 2.35 bits per heavy atom. The van der Waals surface area contributed by atoms with Crippen LogP contribution in [0.25, 0.3) is 0 Å². The van der Waals surface area contributed by atoms with Crippen molar-refractivity contribution < 1.29 is 14.3 Å². The summed E-state index contributed by atoms with van der Waals surface area (Å²) < 4.78 is 4.91. The summed E-state index contributed by atoms with van der Waals surface area (Å²) >= 11 is 6.02. The van der Waals surface area contributed by atoms with E-state index in [9.17, 15) is 4.79 Å². The fourth-order valence-electron chi connectivity index (χ4n) is 2.27. The number of anilines is 2. The molecule has 2 heterocycles. The minimum absolute atomic E-state index is 0.00776. The lowest BCUT2D eigenvalue weighted by Crippen LogP contribution is -2.30. The highest BCUT2D eigenvalue weighted by Crippen LogP contribution is 2.42. The van der Waals surface area contributed by atoms with Crippen LogP contribution in [0, 0.1) is 0 Å². The molecule has 23 heavy (non-hydrogen) atoms. The molecule has 5 N–H and O–H groups in total. The lowest BCUT2D eigenvalue weighted by atomic mass is 10.2. The highest BCUT2D eigenvalue weighted by Gasteiger charge is 2.31. The number of rotatable bonds is 6. The van der Waals surface area contributed by atoms with Crippen LogP contribution in [0.4, 0.5) is 17.5 Å². The molecule has 1 fully saturated rings. The summed E-state index contributed by atoms with van der Waals surface area (Å²) in [5.41, 5.74) is 5.26. The van der Waals surface area contributed by atoms with Gasteiger partial charge in [0.2, 0.25) is 5.95 Å². The third-order valence-electron chi connectivity index (χ3n) is 3.33. The van der Waals surface area contributed by atoms with Gasteiger partial charge in [-0.1, -0.05) is 0 Å². The van der Waals surface area contributed by atoms with Gasteiger partial charge in [0, 0.05) is 12.3 Å². The number of hydrogen-bond donors (Lipinski definition) is 4. The second kappa shape index (κ2) is 7.29. The molecule has 9 nitrogen and oxygen atoms in total.